The number of aromatic amines is 1. The maximum absolute atomic E-state index is 12.7. The van der Waals surface area contributed by atoms with Crippen molar-refractivity contribution in [3.05, 3.63) is 18.2 Å². The zero-order chi connectivity index (χ0) is 66.6. The number of Topliss-reactive ketones (excluding diaryl/α,β-unsaturated/α-hetero) is 3. The largest absolute Gasteiger partial charge is 0.481 e. The first-order chi connectivity index (χ1) is 43.2. The molecule has 0 bridgehead atoms. The topological polar surface area (TPSA) is 455 Å². The zero-order valence-electron chi connectivity index (χ0n) is 52.0. The molecule has 30 heteroatoms. The van der Waals surface area contributed by atoms with Crippen molar-refractivity contribution in [1.29, 1.82) is 0 Å². The van der Waals surface area contributed by atoms with Crippen molar-refractivity contribution < 1.29 is 103 Å². The monoisotopic (exact) mass is 1300 g/mol. The highest BCUT2D eigenvalue weighted by atomic mass is 31.1. The van der Waals surface area contributed by atoms with E-state index < -0.39 is 111 Å². The van der Waals surface area contributed by atoms with Gasteiger partial charge in [-0.25, -0.2) is 19.1 Å². The maximum atomic E-state index is 12.7. The van der Waals surface area contributed by atoms with Gasteiger partial charge in [0.15, 0.2) is 11.6 Å². The van der Waals surface area contributed by atoms with Gasteiger partial charge in [0, 0.05) is 96.7 Å². The number of ketones is 3. The van der Waals surface area contributed by atoms with Crippen LogP contribution in [0.1, 0.15) is 193 Å². The average Bonchev–Trinajstić information content (AvgIpc) is 3.83. The minimum absolute atomic E-state index is 0. The number of aromatic nitrogens is 2. The second kappa shape index (κ2) is 53.1. The van der Waals surface area contributed by atoms with Crippen LogP contribution in [-0.2, 0) is 87.5 Å². The third-order valence-electron chi connectivity index (χ3n) is 14.5. The molecular weight excluding hydrogens is 1200 g/mol. The first-order valence-electron chi connectivity index (χ1n) is 31.5. The Morgan fingerprint density at radius 2 is 1.03 bits per heavy atom. The van der Waals surface area contributed by atoms with Gasteiger partial charge in [0.2, 0.25) is 29.5 Å². The molecule has 0 saturated heterocycles. The summed E-state index contributed by atoms with van der Waals surface area (Å²) >= 11 is 0. The minimum atomic E-state index is -1.47. The van der Waals surface area contributed by atoms with E-state index in [1.807, 2.05) is 0 Å². The van der Waals surface area contributed by atoms with Crippen molar-refractivity contribution in [3.63, 3.8) is 0 Å². The zero-order valence-corrected chi connectivity index (χ0v) is 52.9. The summed E-state index contributed by atoms with van der Waals surface area (Å²) in [5.41, 5.74) is 6.65. The van der Waals surface area contributed by atoms with Gasteiger partial charge >= 0.3 is 23.9 Å². The van der Waals surface area contributed by atoms with Crippen LogP contribution in [0.3, 0.4) is 0 Å². The third-order valence-corrected chi connectivity index (χ3v) is 14.8. The smallest absolute Gasteiger partial charge is 0.326 e. The van der Waals surface area contributed by atoms with E-state index in [1.165, 1.54) is 44.6 Å². The van der Waals surface area contributed by atoms with Crippen molar-refractivity contribution in [3.8, 4) is 0 Å². The molecule has 90 heavy (non-hydrogen) atoms. The van der Waals surface area contributed by atoms with Crippen LogP contribution in [0.25, 0.3) is 0 Å². The fourth-order valence-electron chi connectivity index (χ4n) is 9.30. The molecule has 0 aromatic carbocycles. The number of hydrogen-bond donors (Lipinski definition) is 11. The molecule has 29 nitrogen and oxygen atoms in total. The normalized spacial score (nSPS) is 12.9. The molecule has 0 aliphatic heterocycles. The van der Waals surface area contributed by atoms with Gasteiger partial charge in [-0.2, -0.15) is 0 Å². The lowest BCUT2D eigenvalue weighted by atomic mass is 9.92. The van der Waals surface area contributed by atoms with Crippen molar-refractivity contribution in [2.45, 2.75) is 211 Å². The minimum Gasteiger partial charge on any atom is -0.481 e. The fraction of sp³-hybridized carbons (Fsp3) is 0.750. The number of aliphatic carboxylic acids is 4. The Morgan fingerprint density at radius 1 is 0.500 bits per heavy atom. The number of carboxylic acid groups (broad SMARTS) is 4. The molecule has 0 unspecified atom stereocenters. The van der Waals surface area contributed by atoms with Gasteiger partial charge in [0.05, 0.1) is 51.3 Å². The van der Waals surface area contributed by atoms with Crippen LogP contribution < -0.4 is 32.1 Å². The lowest BCUT2D eigenvalue weighted by Gasteiger charge is -2.17. The van der Waals surface area contributed by atoms with Gasteiger partial charge in [-0.1, -0.05) is 83.5 Å². The summed E-state index contributed by atoms with van der Waals surface area (Å²) in [4.78, 5) is 152. The maximum Gasteiger partial charge on any atom is 0.326 e. The first-order valence-corrected chi connectivity index (χ1v) is 32.3. The molecule has 0 radical (unpaired) electrons. The number of carboxylic acids is 4. The van der Waals surface area contributed by atoms with Crippen LogP contribution in [0.2, 0.25) is 0 Å². The highest BCUT2D eigenvalue weighted by Crippen LogP contribution is 2.18. The molecule has 1 aromatic heterocycles. The molecule has 1 aromatic rings. The van der Waals surface area contributed by atoms with Crippen LogP contribution in [-0.4, -0.2) is 185 Å². The number of nitrogens with two attached hydrogens (primary N) is 1. The van der Waals surface area contributed by atoms with E-state index in [-0.39, 0.29) is 149 Å². The summed E-state index contributed by atoms with van der Waals surface area (Å²) in [6, 6.07) is -3.51. The second-order valence-corrected chi connectivity index (χ2v) is 22.6. The van der Waals surface area contributed by atoms with E-state index in [0.717, 1.165) is 51.4 Å². The van der Waals surface area contributed by atoms with Gasteiger partial charge in [0.1, 0.15) is 31.1 Å². The molecule has 0 aliphatic carbocycles. The molecule has 1 heterocycles. The molecule has 12 N–H and O–H groups in total. The predicted molar refractivity (Wildman–Crippen MR) is 328 cm³/mol. The SMILES string of the molecule is N[C@@H](Cc1cnc[nH]1)C(=O)C[C@@H](CCCCNC(=O)CC[C@H](NC(=O)CC[C@H](CC(=O)COCCOCCNC(=O)COCCOCCCC(=O)CC[C@H](NC(=O)CCCCCCCCCCCCCCCCC(=O)O)C(=O)O)C(=O)O)C(=O)O)C(=O)NP=O.[HH]. The number of nitrogens with one attached hydrogen (secondary N) is 6. The molecular formula is C60H101N8O21P. The van der Waals surface area contributed by atoms with Gasteiger partial charge in [0.25, 0.3) is 8.61 Å². The van der Waals surface area contributed by atoms with E-state index in [9.17, 15) is 77.4 Å². The van der Waals surface area contributed by atoms with Gasteiger partial charge in [-0.3, -0.25) is 53.0 Å². The first kappa shape index (κ1) is 81.4. The fourth-order valence-corrected chi connectivity index (χ4v) is 9.57. The Bertz CT molecular complexity index is 2300. The number of carbonyl (C=O) groups excluding carboxylic acids is 8. The van der Waals surface area contributed by atoms with Crippen LogP contribution in [0.4, 0.5) is 0 Å². The Hall–Kier alpha value is -6.65. The van der Waals surface area contributed by atoms with E-state index in [0.29, 0.717) is 31.4 Å². The van der Waals surface area contributed by atoms with Gasteiger partial charge in [-0.05, 0) is 51.4 Å². The number of imidazole rings is 1. The summed E-state index contributed by atoms with van der Waals surface area (Å²) in [6.07, 6.45) is 18.0. The summed E-state index contributed by atoms with van der Waals surface area (Å²) < 4.78 is 32.4. The number of H-pyrrole nitrogens is 1. The predicted octanol–water partition coefficient (Wildman–Crippen LogP) is 4.71. The van der Waals surface area contributed by atoms with E-state index >= 15 is 0 Å². The molecule has 0 aliphatic rings. The number of nitrogens with zero attached hydrogens (tertiary/aromatic N) is 1. The number of hydrogen-bond acceptors (Lipinski definition) is 19. The van der Waals surface area contributed by atoms with Crippen molar-refractivity contribution in [2.75, 3.05) is 65.9 Å². The quantitative estimate of drug-likeness (QED) is 0.0311. The second-order valence-electron chi connectivity index (χ2n) is 22.1. The Balaban J connectivity index is 0.0000810. The molecule has 1 rings (SSSR count). The number of amides is 5. The van der Waals surface area contributed by atoms with Crippen molar-refractivity contribution >= 4 is 79.4 Å². The molecule has 0 spiro atoms. The number of carbonyl (C=O) groups is 12. The highest BCUT2D eigenvalue weighted by molar-refractivity contribution is 7.22. The van der Waals surface area contributed by atoms with E-state index in [4.69, 9.17) is 29.8 Å². The summed E-state index contributed by atoms with van der Waals surface area (Å²) in [5.74, 6) is -10.5. The van der Waals surface area contributed by atoms with Crippen LogP contribution in [0, 0.1) is 11.8 Å². The number of rotatable bonds is 62. The molecule has 5 amide bonds. The van der Waals surface area contributed by atoms with Crippen LogP contribution >= 0.6 is 8.61 Å². The standard InChI is InChI=1S/C60H99N8O21P.H2/c61-48(38-45-39-62-42-65-45)51(71)37-43(57(78)68-90-85)18-15-16-28-63-52(72)27-25-50(60(83)84)67-54(74)26-22-44(58(79)80)36-47(70)40-88-34-33-87-31-29-64-55(75)41-89-35-32-86-30-17-19-46(69)23-24-49(59(81)82)66-53(73)20-13-11-9-7-5-3-1-2-4-6-8-10-12-14-21-56(76)77;/h39,42-44,48-50H,1-38,40-41,61H2,(H,62,65)(H,63,72)(H,64,75)(H,66,73)(H,67,74)(H,76,77)(H,79,80)(H,81,82)(H,83,84)(H,68,78,85);1H/t43-,44-,48+,49+,50+;/m1./s1. The van der Waals surface area contributed by atoms with E-state index in [2.05, 4.69) is 36.3 Å². The highest BCUT2D eigenvalue weighted by Gasteiger charge is 2.28. The third kappa shape index (κ3) is 45.6. The average molecular weight is 1300 g/mol. The Labute approximate surface area is 529 Å². The van der Waals surface area contributed by atoms with Gasteiger partial charge < -0.3 is 71.4 Å². The molecule has 0 fully saturated rings. The van der Waals surface area contributed by atoms with Crippen LogP contribution in [0.15, 0.2) is 12.5 Å². The van der Waals surface area contributed by atoms with Crippen LogP contribution in [0.5, 0.6) is 0 Å². The Kier molecular flexibility index (Phi) is 48.0. The van der Waals surface area contributed by atoms with E-state index in [1.54, 1.807) is 0 Å². The molecule has 512 valence electrons. The molecule has 5 atom stereocenters. The lowest BCUT2D eigenvalue weighted by molar-refractivity contribution is -0.145. The van der Waals surface area contributed by atoms with Crippen molar-refractivity contribution in [1.82, 2.24) is 36.3 Å². The Morgan fingerprint density at radius 3 is 1.60 bits per heavy atom. The number of ether oxygens (including phenoxy) is 4. The summed E-state index contributed by atoms with van der Waals surface area (Å²) in [7, 11) is -0.625. The summed E-state index contributed by atoms with van der Waals surface area (Å²) in [5, 5.41) is 49.8. The van der Waals surface area contributed by atoms with Gasteiger partial charge in [-0.15, -0.1) is 0 Å². The molecule has 0 saturated carbocycles. The summed E-state index contributed by atoms with van der Waals surface area (Å²) in [6.45, 7) is 0.268. The lowest BCUT2D eigenvalue weighted by Crippen LogP contribution is -2.42. The number of unbranched alkanes of at least 4 members (excludes halogenated alkanes) is 14. The van der Waals surface area contributed by atoms with Crippen molar-refractivity contribution in [2.24, 2.45) is 17.6 Å².